The van der Waals surface area contributed by atoms with Crippen molar-refractivity contribution in [1.82, 2.24) is 0 Å². The van der Waals surface area contributed by atoms with Crippen molar-refractivity contribution in [2.75, 3.05) is 6.61 Å². The second kappa shape index (κ2) is 2.98. The van der Waals surface area contributed by atoms with Gasteiger partial charge in [-0.05, 0) is 0 Å². The van der Waals surface area contributed by atoms with Gasteiger partial charge in [0.1, 0.15) is 0 Å². The van der Waals surface area contributed by atoms with Crippen LogP contribution >= 0.6 is 0 Å². The molecule has 14 heavy (non-hydrogen) atoms. The van der Waals surface area contributed by atoms with Crippen LogP contribution in [0.4, 0.5) is 30.7 Å². The van der Waals surface area contributed by atoms with E-state index in [2.05, 4.69) is 4.74 Å². The molecular weight excluding hydrogens is 221 g/mol. The third-order valence-electron chi connectivity index (χ3n) is 1.70. The third-order valence-corrected chi connectivity index (χ3v) is 1.70. The van der Waals surface area contributed by atoms with Crippen molar-refractivity contribution in [2.45, 2.75) is 30.5 Å². The Morgan fingerprint density at radius 3 is 1.71 bits per heavy atom. The first-order valence-electron chi connectivity index (χ1n) is 3.52. The average Bonchev–Trinajstić information content (AvgIpc) is 2.67. The van der Waals surface area contributed by atoms with Gasteiger partial charge in [0.25, 0.3) is 0 Å². The minimum Gasteiger partial charge on any atom is -0.373 e. The minimum atomic E-state index is -6.24. The minimum absolute atomic E-state index is 0.205. The first-order valence-corrected chi connectivity index (χ1v) is 3.52. The maximum absolute atomic E-state index is 12.4. The van der Waals surface area contributed by atoms with Crippen LogP contribution in [0.2, 0.25) is 0 Å². The quantitative estimate of drug-likeness (QED) is 0.532. The highest BCUT2D eigenvalue weighted by molar-refractivity contribution is 4.94. The van der Waals surface area contributed by atoms with Gasteiger partial charge in [-0.2, -0.15) is 30.7 Å². The lowest BCUT2D eigenvalue weighted by atomic mass is 10.1. The summed E-state index contributed by atoms with van der Waals surface area (Å²) < 4.78 is 88.0. The third kappa shape index (κ3) is 1.94. The van der Waals surface area contributed by atoms with Crippen molar-refractivity contribution in [3.8, 4) is 0 Å². The maximum Gasteiger partial charge on any atom is 0.459 e. The van der Waals surface area contributed by atoms with Crippen LogP contribution < -0.4 is 0 Å². The van der Waals surface area contributed by atoms with Crippen LogP contribution in [0.1, 0.15) is 6.42 Å². The fraction of sp³-hybridized carbons (Fsp3) is 1.00. The Morgan fingerprint density at radius 1 is 1.00 bits per heavy atom. The molecule has 0 aromatic rings. The lowest BCUT2D eigenvalue weighted by Gasteiger charge is -2.27. The molecule has 84 valence electrons. The van der Waals surface area contributed by atoms with Crippen molar-refractivity contribution in [2.24, 2.45) is 0 Å². The van der Waals surface area contributed by atoms with Gasteiger partial charge in [-0.25, -0.2) is 0 Å². The van der Waals surface area contributed by atoms with Crippen molar-refractivity contribution in [1.29, 1.82) is 0 Å². The first-order chi connectivity index (χ1) is 6.08. The SMILES string of the molecule is FC(F)(F)C(F)(F)C(F)(F)CC1CO1. The molecule has 1 aliphatic rings. The van der Waals surface area contributed by atoms with Gasteiger partial charge in [0, 0.05) is 6.42 Å². The van der Waals surface area contributed by atoms with Crippen LogP contribution in [-0.2, 0) is 4.74 Å². The number of hydrogen-bond acceptors (Lipinski definition) is 1. The number of rotatable bonds is 3. The molecule has 1 rings (SSSR count). The monoisotopic (exact) mass is 226 g/mol. The van der Waals surface area contributed by atoms with Crippen LogP contribution in [0.15, 0.2) is 0 Å². The molecule has 0 aromatic heterocycles. The van der Waals surface area contributed by atoms with Gasteiger partial charge in [-0.3, -0.25) is 0 Å². The highest BCUT2D eigenvalue weighted by Gasteiger charge is 2.73. The molecule has 0 spiro atoms. The Labute approximate surface area is 73.8 Å². The molecule has 0 aliphatic carbocycles. The Kier molecular flexibility index (Phi) is 2.46. The summed E-state index contributed by atoms with van der Waals surface area (Å²) in [5, 5.41) is 0. The number of ether oxygens (including phenoxy) is 1. The highest BCUT2D eigenvalue weighted by Crippen LogP contribution is 2.49. The average molecular weight is 226 g/mol. The molecule has 1 nitrogen and oxygen atoms in total. The van der Waals surface area contributed by atoms with Crippen molar-refractivity contribution < 1.29 is 35.5 Å². The van der Waals surface area contributed by atoms with Gasteiger partial charge in [-0.1, -0.05) is 0 Å². The van der Waals surface area contributed by atoms with Gasteiger partial charge < -0.3 is 4.74 Å². The first kappa shape index (κ1) is 11.5. The predicted molar refractivity (Wildman–Crippen MR) is 30.3 cm³/mol. The smallest absolute Gasteiger partial charge is 0.373 e. The summed E-state index contributed by atoms with van der Waals surface area (Å²) >= 11 is 0. The largest absolute Gasteiger partial charge is 0.459 e. The van der Waals surface area contributed by atoms with Crippen molar-refractivity contribution in [3.63, 3.8) is 0 Å². The van der Waals surface area contributed by atoms with E-state index in [9.17, 15) is 30.7 Å². The second-order valence-corrected chi connectivity index (χ2v) is 2.94. The molecule has 1 atom stereocenters. The van der Waals surface area contributed by atoms with Crippen LogP contribution in [0, 0.1) is 0 Å². The van der Waals surface area contributed by atoms with E-state index < -0.39 is 30.5 Å². The topological polar surface area (TPSA) is 12.5 Å². The Balaban J connectivity index is 2.76. The molecule has 1 unspecified atom stereocenters. The van der Waals surface area contributed by atoms with Gasteiger partial charge in [0.15, 0.2) is 0 Å². The lowest BCUT2D eigenvalue weighted by Crippen LogP contribution is -2.52. The molecule has 0 N–H and O–H groups in total. The van der Waals surface area contributed by atoms with Gasteiger partial charge >= 0.3 is 18.0 Å². The zero-order chi connectivity index (χ0) is 11.2. The Hall–Kier alpha value is -0.530. The summed E-state index contributed by atoms with van der Waals surface area (Å²) in [5.74, 6) is -11.1. The standard InChI is InChI=1S/C6H5F7O/c7-4(8,1-3-2-14-3)5(9,10)6(11,12)13/h3H,1-2H2. The molecule has 0 saturated carbocycles. The summed E-state index contributed by atoms with van der Waals surface area (Å²) in [6.45, 7) is -0.205. The van der Waals surface area contributed by atoms with E-state index in [1.54, 1.807) is 0 Å². The number of hydrogen-bond donors (Lipinski definition) is 0. The van der Waals surface area contributed by atoms with E-state index in [0.29, 0.717) is 0 Å². The lowest BCUT2D eigenvalue weighted by molar-refractivity contribution is -0.356. The van der Waals surface area contributed by atoms with E-state index in [4.69, 9.17) is 0 Å². The van der Waals surface area contributed by atoms with E-state index in [1.807, 2.05) is 0 Å². The van der Waals surface area contributed by atoms with Crippen LogP contribution in [0.25, 0.3) is 0 Å². The van der Waals surface area contributed by atoms with Crippen LogP contribution in [-0.4, -0.2) is 30.7 Å². The van der Waals surface area contributed by atoms with Gasteiger partial charge in [0.05, 0.1) is 12.7 Å². The predicted octanol–water partition coefficient (Wildman–Crippen LogP) is 2.61. The molecule has 1 fully saturated rings. The van der Waals surface area contributed by atoms with Gasteiger partial charge in [0.2, 0.25) is 0 Å². The molecule has 1 heterocycles. The fourth-order valence-electron chi connectivity index (χ4n) is 0.807. The number of halogens is 7. The van der Waals surface area contributed by atoms with Gasteiger partial charge in [-0.15, -0.1) is 0 Å². The molecule has 1 aliphatic heterocycles. The second-order valence-electron chi connectivity index (χ2n) is 2.94. The molecule has 0 bridgehead atoms. The van der Waals surface area contributed by atoms with Crippen LogP contribution in [0.5, 0.6) is 0 Å². The number of alkyl halides is 7. The zero-order valence-electron chi connectivity index (χ0n) is 6.55. The Morgan fingerprint density at radius 2 is 1.43 bits per heavy atom. The highest BCUT2D eigenvalue weighted by atomic mass is 19.4. The maximum atomic E-state index is 12.4. The van der Waals surface area contributed by atoms with Crippen molar-refractivity contribution in [3.05, 3.63) is 0 Å². The molecule has 0 radical (unpaired) electrons. The fourth-order valence-corrected chi connectivity index (χ4v) is 0.807. The summed E-state index contributed by atoms with van der Waals surface area (Å²) in [7, 11) is 0. The van der Waals surface area contributed by atoms with E-state index in [0.717, 1.165) is 0 Å². The molecule has 1 saturated heterocycles. The van der Waals surface area contributed by atoms with E-state index in [1.165, 1.54) is 0 Å². The summed E-state index contributed by atoms with van der Waals surface area (Å²) in [4.78, 5) is 0. The summed E-state index contributed by atoms with van der Waals surface area (Å²) in [6.07, 6.45) is -9.05. The van der Waals surface area contributed by atoms with E-state index in [-0.39, 0.29) is 6.61 Å². The molecule has 0 aromatic carbocycles. The normalized spacial score (nSPS) is 23.8. The summed E-state index contributed by atoms with van der Waals surface area (Å²) in [5.41, 5.74) is 0. The van der Waals surface area contributed by atoms with E-state index >= 15 is 0 Å². The Bertz CT molecular complexity index is 217. The van der Waals surface area contributed by atoms with Crippen LogP contribution in [0.3, 0.4) is 0 Å². The molecule has 8 heteroatoms. The zero-order valence-corrected chi connectivity index (χ0v) is 6.55. The molecular formula is C6H5F7O. The number of epoxide rings is 1. The van der Waals surface area contributed by atoms with Crippen molar-refractivity contribution >= 4 is 0 Å². The summed E-state index contributed by atoms with van der Waals surface area (Å²) in [6, 6.07) is 0. The molecule has 0 amide bonds.